The highest BCUT2D eigenvalue weighted by Crippen LogP contribution is 2.41. The molecule has 322 valence electrons. The molecule has 0 aliphatic heterocycles. The number of hydrogen-bond acceptors (Lipinski definition) is 7. The first-order valence-electron chi connectivity index (χ1n) is 20.9. The lowest BCUT2D eigenvalue weighted by Gasteiger charge is -2.40. The Labute approximate surface area is 363 Å². The van der Waals surface area contributed by atoms with E-state index in [1.807, 2.05) is 13.0 Å². The fourth-order valence-electron chi connectivity index (χ4n) is 8.40. The van der Waals surface area contributed by atoms with Crippen LogP contribution in [0.2, 0.25) is 78.6 Å². The highest BCUT2D eigenvalue weighted by molar-refractivity contribution is 6.95. The summed E-state index contributed by atoms with van der Waals surface area (Å²) in [5, 5.41) is 2.30. The molecule has 0 N–H and O–H groups in total. The first-order chi connectivity index (χ1) is 27.0. The molecule has 0 spiro atoms. The molecule has 7 nitrogen and oxygen atoms in total. The van der Waals surface area contributed by atoms with Crippen molar-refractivity contribution in [3.8, 4) is 11.5 Å². The first-order valence-corrected chi connectivity index (χ1v) is 38.6. The Balaban J connectivity index is 1.78. The van der Waals surface area contributed by atoms with Gasteiger partial charge in [0.05, 0.1) is 7.11 Å². The fraction of sp³-hybridized carbons (Fsp3) is 0.457. The van der Waals surface area contributed by atoms with E-state index in [1.165, 1.54) is 12.5 Å². The molecule has 0 amide bonds. The van der Waals surface area contributed by atoms with Crippen molar-refractivity contribution in [1.29, 1.82) is 0 Å². The van der Waals surface area contributed by atoms with Crippen molar-refractivity contribution in [2.24, 2.45) is 0 Å². The summed E-state index contributed by atoms with van der Waals surface area (Å²) >= 11 is 0. The lowest BCUT2D eigenvalue weighted by Crippen LogP contribution is -2.61. The molecule has 13 heteroatoms. The summed E-state index contributed by atoms with van der Waals surface area (Å²) in [5.41, 5.74) is 6.05. The Morgan fingerprint density at radius 1 is 0.542 bits per heavy atom. The standard InChI is InChI=1S/C46H72O7Si6/c1-35-29-40(31-38(44(35)48-6)33-56(13,14)52-58(17,50-54(7,8)9)42-25-21-19-22-26-42)46(4,5)41-30-36(2)45(49-37(3)47)39(32-41)34-57(15,16)53-59(18,51-55(10,11)12)43-27-23-20-24-28-43/h19-32H,33-34H2,1-18H3. The summed E-state index contributed by atoms with van der Waals surface area (Å²) in [7, 11) is -12.6. The van der Waals surface area contributed by atoms with Gasteiger partial charge < -0.3 is 25.9 Å². The quantitative estimate of drug-likeness (QED) is 0.0559. The van der Waals surface area contributed by atoms with Gasteiger partial charge in [0.1, 0.15) is 11.5 Å². The van der Waals surface area contributed by atoms with Crippen LogP contribution in [0.4, 0.5) is 0 Å². The van der Waals surface area contributed by atoms with E-state index < -0.39 is 55.8 Å². The van der Waals surface area contributed by atoms with Crippen LogP contribution in [-0.4, -0.2) is 63.5 Å². The molecule has 2 unspecified atom stereocenters. The van der Waals surface area contributed by atoms with Crippen molar-refractivity contribution in [3.05, 3.63) is 118 Å². The monoisotopic (exact) mass is 904 g/mol. The molecule has 0 aliphatic rings. The Kier molecular flexibility index (Phi) is 15.2. The van der Waals surface area contributed by atoms with Gasteiger partial charge in [-0.2, -0.15) is 0 Å². The summed E-state index contributed by atoms with van der Waals surface area (Å²) in [6, 6.07) is 31.4. The van der Waals surface area contributed by atoms with Crippen LogP contribution in [0.25, 0.3) is 0 Å². The summed E-state index contributed by atoms with van der Waals surface area (Å²) in [4.78, 5) is 12.6. The number of esters is 1. The average molecular weight is 906 g/mol. The third-order valence-corrected chi connectivity index (χ3v) is 31.1. The highest BCUT2D eigenvalue weighted by Gasteiger charge is 2.46. The van der Waals surface area contributed by atoms with Gasteiger partial charge in [-0.1, -0.05) is 98.8 Å². The van der Waals surface area contributed by atoms with E-state index in [0.717, 1.165) is 50.0 Å². The van der Waals surface area contributed by atoms with Crippen molar-refractivity contribution in [2.75, 3.05) is 7.11 Å². The minimum absolute atomic E-state index is 0.335. The molecule has 59 heavy (non-hydrogen) atoms. The third-order valence-electron chi connectivity index (χ3n) is 10.4. The van der Waals surface area contributed by atoms with Gasteiger partial charge in [-0.05, 0) is 148 Å². The minimum Gasteiger partial charge on any atom is -0.496 e. The first kappa shape index (κ1) is 49.0. The molecule has 4 rings (SSSR count). The van der Waals surface area contributed by atoms with Crippen molar-refractivity contribution < 1.29 is 30.7 Å². The molecular formula is C46H72O7Si6. The van der Waals surface area contributed by atoms with E-state index in [1.54, 1.807) is 7.11 Å². The molecule has 4 aromatic carbocycles. The molecule has 0 saturated carbocycles. The summed E-state index contributed by atoms with van der Waals surface area (Å²) in [5.74, 6) is 1.19. The molecule has 2 atom stereocenters. The molecule has 0 heterocycles. The molecular weight excluding hydrogens is 833 g/mol. The zero-order chi connectivity index (χ0) is 44.4. The van der Waals surface area contributed by atoms with Gasteiger partial charge in [-0.15, -0.1) is 0 Å². The van der Waals surface area contributed by atoms with E-state index in [2.05, 4.69) is 178 Å². The molecule has 0 saturated heterocycles. The number of ether oxygens (including phenoxy) is 2. The molecule has 0 fully saturated rings. The number of carbonyl (C=O) groups is 1. The Morgan fingerprint density at radius 3 is 1.24 bits per heavy atom. The molecule has 0 aliphatic carbocycles. The van der Waals surface area contributed by atoms with Crippen LogP contribution in [0.1, 0.15) is 54.2 Å². The summed E-state index contributed by atoms with van der Waals surface area (Å²) in [6.45, 7) is 37.1. The zero-order valence-electron chi connectivity index (χ0n) is 39.4. The molecule has 4 aromatic rings. The normalized spacial score (nSPS) is 15.0. The van der Waals surface area contributed by atoms with Crippen LogP contribution in [0.5, 0.6) is 11.5 Å². The van der Waals surface area contributed by atoms with Crippen LogP contribution in [0.15, 0.2) is 84.9 Å². The smallest absolute Gasteiger partial charge is 0.348 e. The summed E-state index contributed by atoms with van der Waals surface area (Å²) < 4.78 is 40.7. The Morgan fingerprint density at radius 2 is 0.898 bits per heavy atom. The predicted octanol–water partition coefficient (Wildman–Crippen LogP) is 10.8. The van der Waals surface area contributed by atoms with Crippen molar-refractivity contribution in [2.45, 2.75) is 131 Å². The average Bonchev–Trinajstić information content (AvgIpc) is 3.07. The molecule has 0 radical (unpaired) electrons. The van der Waals surface area contributed by atoms with Crippen LogP contribution in [-0.2, 0) is 38.8 Å². The van der Waals surface area contributed by atoms with E-state index in [-0.39, 0.29) is 5.97 Å². The van der Waals surface area contributed by atoms with Gasteiger partial charge in [-0.25, -0.2) is 0 Å². The maximum atomic E-state index is 12.6. The number of methoxy groups -OCH3 is 1. The second-order valence-electron chi connectivity index (χ2n) is 20.1. The number of rotatable bonds is 18. The minimum atomic E-state index is -2.81. The fourth-order valence-corrected chi connectivity index (χ4v) is 33.7. The van der Waals surface area contributed by atoms with Crippen molar-refractivity contribution in [1.82, 2.24) is 0 Å². The van der Waals surface area contributed by atoms with Crippen LogP contribution >= 0.6 is 0 Å². The zero-order valence-corrected chi connectivity index (χ0v) is 45.4. The van der Waals surface area contributed by atoms with E-state index in [4.69, 9.17) is 25.9 Å². The second kappa shape index (κ2) is 18.3. The topological polar surface area (TPSA) is 72.5 Å². The number of hydrogen-bond donors (Lipinski definition) is 0. The lowest BCUT2D eigenvalue weighted by atomic mass is 9.76. The highest BCUT2D eigenvalue weighted by atomic mass is 28.5. The summed E-state index contributed by atoms with van der Waals surface area (Å²) in [6.07, 6.45) is 0. The Hall–Kier alpha value is -2.71. The van der Waals surface area contributed by atoms with Crippen molar-refractivity contribution in [3.63, 3.8) is 0 Å². The SMILES string of the molecule is COc1c(C)cc(C(C)(C)c2cc(C)c(OC(C)=O)c(C[Si](C)(C)O[Si](C)(O[Si](C)(C)C)c3ccccc3)c2)cc1C[Si](C)(C)O[Si](C)(O[Si](C)(C)C)c1ccccc1. The maximum Gasteiger partial charge on any atom is 0.348 e. The second-order valence-corrected chi connectivity index (χ2v) is 44.5. The van der Waals surface area contributed by atoms with Gasteiger partial charge in [-0.3, -0.25) is 4.79 Å². The van der Waals surface area contributed by atoms with Gasteiger partial charge in [0.2, 0.25) is 0 Å². The van der Waals surface area contributed by atoms with Crippen LogP contribution in [0, 0.1) is 13.8 Å². The number of carbonyl (C=O) groups excluding carboxylic acids is 1. The third kappa shape index (κ3) is 13.1. The van der Waals surface area contributed by atoms with Gasteiger partial charge in [0.15, 0.2) is 33.3 Å². The lowest BCUT2D eigenvalue weighted by molar-refractivity contribution is -0.132. The largest absolute Gasteiger partial charge is 0.496 e. The predicted molar refractivity (Wildman–Crippen MR) is 261 cm³/mol. The van der Waals surface area contributed by atoms with E-state index in [0.29, 0.717) is 11.8 Å². The maximum absolute atomic E-state index is 12.6. The number of benzene rings is 4. The molecule has 0 aromatic heterocycles. The number of aryl methyl sites for hydroxylation is 2. The van der Waals surface area contributed by atoms with E-state index >= 15 is 0 Å². The van der Waals surface area contributed by atoms with Gasteiger partial charge in [0.25, 0.3) is 0 Å². The Bertz CT molecular complexity index is 2080. The van der Waals surface area contributed by atoms with Gasteiger partial charge >= 0.3 is 23.1 Å². The van der Waals surface area contributed by atoms with Crippen molar-refractivity contribution >= 4 is 66.7 Å². The van der Waals surface area contributed by atoms with Crippen LogP contribution in [0.3, 0.4) is 0 Å². The van der Waals surface area contributed by atoms with Gasteiger partial charge in [0, 0.05) is 12.3 Å². The molecule has 0 bridgehead atoms. The van der Waals surface area contributed by atoms with E-state index in [9.17, 15) is 4.79 Å². The van der Waals surface area contributed by atoms with Crippen LogP contribution < -0.4 is 19.8 Å².